The number of carbonyl (C=O) groups excluding carboxylic acids is 1. The lowest BCUT2D eigenvalue weighted by atomic mass is 10.00. The number of anilines is 1. The van der Waals surface area contributed by atoms with Crippen molar-refractivity contribution < 1.29 is 13.6 Å². The summed E-state index contributed by atoms with van der Waals surface area (Å²) in [7, 11) is 0. The van der Waals surface area contributed by atoms with Crippen LogP contribution < -0.4 is 5.32 Å². The number of nitrogens with one attached hydrogen (secondary N) is 1. The van der Waals surface area contributed by atoms with Crippen LogP contribution in [-0.4, -0.2) is 20.9 Å². The molecule has 0 bridgehead atoms. The predicted octanol–water partition coefficient (Wildman–Crippen LogP) is 4.88. The monoisotopic (exact) mass is 376 g/mol. The molecule has 4 rings (SSSR count). The van der Waals surface area contributed by atoms with Crippen molar-refractivity contribution in [1.82, 2.24) is 15.0 Å². The number of rotatable bonds is 4. The number of aromatic nitrogens is 3. The zero-order valence-electron chi connectivity index (χ0n) is 14.5. The van der Waals surface area contributed by atoms with E-state index in [1.54, 1.807) is 30.3 Å². The van der Waals surface area contributed by atoms with Gasteiger partial charge in [0.15, 0.2) is 5.82 Å². The SMILES string of the molecule is O=C(Nc1cnccn1)c1ccc2cccc(-c3cccc(C(F)F)c3)c2n1. The number of alkyl halides is 2. The number of hydrogen-bond acceptors (Lipinski definition) is 4. The Hall–Kier alpha value is -3.74. The van der Waals surface area contributed by atoms with E-state index in [2.05, 4.69) is 20.3 Å². The lowest BCUT2D eigenvalue weighted by molar-refractivity contribution is 0.102. The van der Waals surface area contributed by atoms with Crippen molar-refractivity contribution in [2.24, 2.45) is 0 Å². The molecule has 4 aromatic rings. The number of hydrogen-bond donors (Lipinski definition) is 1. The van der Waals surface area contributed by atoms with E-state index < -0.39 is 12.3 Å². The van der Waals surface area contributed by atoms with Gasteiger partial charge < -0.3 is 5.32 Å². The van der Waals surface area contributed by atoms with Crippen LogP contribution in [0.15, 0.2) is 73.2 Å². The molecule has 0 aliphatic heterocycles. The van der Waals surface area contributed by atoms with E-state index in [1.807, 2.05) is 12.1 Å². The molecule has 0 spiro atoms. The molecule has 1 amide bonds. The number of amides is 1. The molecule has 138 valence electrons. The Morgan fingerprint density at radius 2 is 1.86 bits per heavy atom. The molecule has 7 heteroatoms. The molecule has 0 saturated heterocycles. The van der Waals surface area contributed by atoms with Crippen LogP contribution >= 0.6 is 0 Å². The number of halogens is 2. The van der Waals surface area contributed by atoms with Crippen LogP contribution in [0.3, 0.4) is 0 Å². The van der Waals surface area contributed by atoms with Crippen molar-refractivity contribution in [3.8, 4) is 11.1 Å². The highest BCUT2D eigenvalue weighted by Crippen LogP contribution is 2.30. The molecule has 28 heavy (non-hydrogen) atoms. The molecular weight excluding hydrogens is 362 g/mol. The standard InChI is InChI=1S/C21H14F2N4O/c22-20(23)15-5-1-4-14(11-15)16-6-2-3-13-7-8-17(26-19(13)16)21(28)27-18-12-24-9-10-25-18/h1-12,20H,(H,25,27,28). The smallest absolute Gasteiger partial charge is 0.275 e. The van der Waals surface area contributed by atoms with Gasteiger partial charge in [0.25, 0.3) is 12.3 Å². The minimum atomic E-state index is -2.56. The van der Waals surface area contributed by atoms with Gasteiger partial charge in [-0.25, -0.2) is 18.7 Å². The Kier molecular flexibility index (Phi) is 4.72. The van der Waals surface area contributed by atoms with Crippen molar-refractivity contribution in [3.05, 3.63) is 84.4 Å². The van der Waals surface area contributed by atoms with Crippen molar-refractivity contribution >= 4 is 22.6 Å². The number of para-hydroxylation sites is 1. The van der Waals surface area contributed by atoms with Gasteiger partial charge in [0.2, 0.25) is 0 Å². The molecule has 0 saturated carbocycles. The van der Waals surface area contributed by atoms with Gasteiger partial charge >= 0.3 is 0 Å². The van der Waals surface area contributed by atoms with Crippen molar-refractivity contribution in [1.29, 1.82) is 0 Å². The van der Waals surface area contributed by atoms with E-state index in [4.69, 9.17) is 0 Å². The van der Waals surface area contributed by atoms with E-state index >= 15 is 0 Å². The first-order valence-electron chi connectivity index (χ1n) is 8.47. The Labute approximate surface area is 159 Å². The summed E-state index contributed by atoms with van der Waals surface area (Å²) in [5.41, 5.74) is 1.97. The van der Waals surface area contributed by atoms with Crippen LogP contribution in [0.25, 0.3) is 22.0 Å². The van der Waals surface area contributed by atoms with Crippen molar-refractivity contribution in [2.75, 3.05) is 5.32 Å². The third-order valence-corrected chi connectivity index (χ3v) is 4.21. The quantitative estimate of drug-likeness (QED) is 0.551. The molecule has 2 heterocycles. The summed E-state index contributed by atoms with van der Waals surface area (Å²) in [5, 5.41) is 3.43. The molecule has 2 aromatic carbocycles. The van der Waals surface area contributed by atoms with E-state index in [1.165, 1.54) is 30.7 Å². The molecule has 5 nitrogen and oxygen atoms in total. The molecule has 0 atom stereocenters. The minimum absolute atomic E-state index is 0.0638. The molecule has 0 unspecified atom stereocenters. The number of carbonyl (C=O) groups is 1. The first-order valence-corrected chi connectivity index (χ1v) is 8.47. The molecule has 0 fully saturated rings. The van der Waals surface area contributed by atoms with Crippen LogP contribution in [0.4, 0.5) is 14.6 Å². The number of fused-ring (bicyclic) bond motifs is 1. The summed E-state index contributed by atoms with van der Waals surface area (Å²) in [5.74, 6) is -0.120. The highest BCUT2D eigenvalue weighted by Gasteiger charge is 2.13. The fourth-order valence-corrected chi connectivity index (χ4v) is 2.89. The van der Waals surface area contributed by atoms with Gasteiger partial charge in [0, 0.05) is 28.9 Å². The maximum Gasteiger partial charge on any atom is 0.275 e. The van der Waals surface area contributed by atoms with Crippen molar-refractivity contribution in [3.63, 3.8) is 0 Å². The normalized spacial score (nSPS) is 11.0. The first-order chi connectivity index (χ1) is 13.6. The second-order valence-electron chi connectivity index (χ2n) is 6.04. The molecule has 1 N–H and O–H groups in total. The second-order valence-corrected chi connectivity index (χ2v) is 6.04. The van der Waals surface area contributed by atoms with Crippen LogP contribution in [-0.2, 0) is 0 Å². The molecular formula is C21H14F2N4O. The van der Waals surface area contributed by atoms with Gasteiger partial charge in [-0.3, -0.25) is 9.78 Å². The summed E-state index contributed by atoms with van der Waals surface area (Å²) in [4.78, 5) is 24.9. The summed E-state index contributed by atoms with van der Waals surface area (Å²) in [6, 6.07) is 15.0. The minimum Gasteiger partial charge on any atom is -0.304 e. The summed E-state index contributed by atoms with van der Waals surface area (Å²) in [6.45, 7) is 0. The Morgan fingerprint density at radius 1 is 1.00 bits per heavy atom. The van der Waals surface area contributed by atoms with Crippen LogP contribution in [0, 0.1) is 0 Å². The predicted molar refractivity (Wildman–Crippen MR) is 102 cm³/mol. The maximum absolute atomic E-state index is 13.1. The Bertz CT molecular complexity index is 1150. The van der Waals surface area contributed by atoms with Gasteiger partial charge in [-0.15, -0.1) is 0 Å². The highest BCUT2D eigenvalue weighted by molar-refractivity contribution is 6.04. The average molecular weight is 376 g/mol. The van der Waals surface area contributed by atoms with Gasteiger partial charge in [-0.05, 0) is 17.7 Å². The topological polar surface area (TPSA) is 67.8 Å². The van der Waals surface area contributed by atoms with Gasteiger partial charge in [-0.2, -0.15) is 0 Å². The van der Waals surface area contributed by atoms with Crippen molar-refractivity contribution in [2.45, 2.75) is 6.43 Å². The second kappa shape index (κ2) is 7.48. The van der Waals surface area contributed by atoms with Gasteiger partial charge in [-0.1, -0.05) is 42.5 Å². The van der Waals surface area contributed by atoms with E-state index in [-0.39, 0.29) is 11.3 Å². The Morgan fingerprint density at radius 3 is 2.64 bits per heavy atom. The zero-order chi connectivity index (χ0) is 19.5. The number of pyridine rings is 1. The molecule has 2 aromatic heterocycles. The van der Waals surface area contributed by atoms with Crippen LogP contribution in [0.2, 0.25) is 0 Å². The largest absolute Gasteiger partial charge is 0.304 e. The third kappa shape index (κ3) is 3.55. The van der Waals surface area contributed by atoms with Gasteiger partial charge in [0.1, 0.15) is 5.69 Å². The Balaban J connectivity index is 1.76. The summed E-state index contributed by atoms with van der Waals surface area (Å²) >= 11 is 0. The molecule has 0 aliphatic carbocycles. The number of benzene rings is 2. The zero-order valence-corrected chi connectivity index (χ0v) is 14.5. The first kappa shape index (κ1) is 17.7. The molecule has 0 radical (unpaired) electrons. The summed E-state index contributed by atoms with van der Waals surface area (Å²) < 4.78 is 26.1. The van der Waals surface area contributed by atoms with Crippen LogP contribution in [0.1, 0.15) is 22.5 Å². The number of nitrogens with zero attached hydrogens (tertiary/aromatic N) is 3. The average Bonchev–Trinajstić information content (AvgIpc) is 2.73. The summed E-state index contributed by atoms with van der Waals surface area (Å²) in [6.07, 6.45) is 1.85. The molecule has 0 aliphatic rings. The van der Waals surface area contributed by atoms with Gasteiger partial charge in [0.05, 0.1) is 11.7 Å². The third-order valence-electron chi connectivity index (χ3n) is 4.21. The fourth-order valence-electron chi connectivity index (χ4n) is 2.89. The lowest BCUT2D eigenvalue weighted by Gasteiger charge is -2.10. The highest BCUT2D eigenvalue weighted by atomic mass is 19.3. The van der Waals surface area contributed by atoms with E-state index in [9.17, 15) is 13.6 Å². The van der Waals surface area contributed by atoms with E-state index in [0.29, 0.717) is 22.5 Å². The fraction of sp³-hybridized carbons (Fsp3) is 0.0476. The lowest BCUT2D eigenvalue weighted by Crippen LogP contribution is -2.14. The van der Waals surface area contributed by atoms with Crippen LogP contribution in [0.5, 0.6) is 0 Å². The maximum atomic E-state index is 13.1. The van der Waals surface area contributed by atoms with E-state index in [0.717, 1.165) is 5.39 Å².